The van der Waals surface area contributed by atoms with Crippen LogP contribution in [0, 0.1) is 0 Å². The Labute approximate surface area is 538 Å². The fraction of sp³-hybridized carbons (Fsp3) is 0.0189. The number of anilines is 3. The lowest BCUT2D eigenvalue weighted by Gasteiger charge is -2.43. The van der Waals surface area contributed by atoms with Crippen LogP contribution in [0.2, 0.25) is 0 Å². The highest BCUT2D eigenvalue weighted by molar-refractivity contribution is 6.75. The zero-order valence-corrected chi connectivity index (χ0v) is 58.4. The van der Waals surface area contributed by atoms with Crippen LogP contribution < -0.4 is 174 Å². The molecular weight excluding hydrogens is 986 g/mol. The van der Waals surface area contributed by atoms with Crippen LogP contribution in [0.4, 0.5) is 17.1 Å². The van der Waals surface area contributed by atoms with Crippen LogP contribution >= 0.6 is 0 Å². The molecule has 0 radical (unpaired) electrons. The molecular formula is C53H68B31N. The van der Waals surface area contributed by atoms with E-state index in [4.69, 9.17) is 0 Å². The van der Waals surface area contributed by atoms with Crippen molar-refractivity contribution in [2.24, 2.45) is 0 Å². The van der Waals surface area contributed by atoms with Crippen LogP contribution in [-0.4, -0.2) is 243 Å². The van der Waals surface area contributed by atoms with E-state index in [0.29, 0.717) is 0 Å². The minimum Gasteiger partial charge on any atom is -0.311 e. The van der Waals surface area contributed by atoms with Gasteiger partial charge in [0, 0.05) is 17.1 Å². The highest BCUT2D eigenvalue weighted by Crippen LogP contribution is 2.52. The summed E-state index contributed by atoms with van der Waals surface area (Å²) in [6.45, 7) is 0. The molecule has 0 unspecified atom stereocenters. The topological polar surface area (TPSA) is 3.24 Å². The molecule has 0 heterocycles. The van der Waals surface area contributed by atoms with Gasteiger partial charge in [0.15, 0.2) is 0 Å². The number of rotatable bonds is 7. The average Bonchev–Trinajstić information content (AvgIpc) is 1.55. The maximum Gasteiger partial charge on any atom is 0.140 e. The summed E-state index contributed by atoms with van der Waals surface area (Å²) in [5.41, 5.74) is 59.6. The van der Waals surface area contributed by atoms with E-state index in [0.717, 1.165) is 0 Å². The smallest absolute Gasteiger partial charge is 0.140 e. The van der Waals surface area contributed by atoms with Gasteiger partial charge in [-0.25, -0.2) is 0 Å². The minimum atomic E-state index is -0.658. The summed E-state index contributed by atoms with van der Waals surface area (Å²) < 4.78 is 0. The van der Waals surface area contributed by atoms with Crippen LogP contribution in [0.25, 0.3) is 44.2 Å². The molecule has 0 atom stereocenters. The Balaban J connectivity index is 1.40. The standard InChI is InChI=1S/C53H68B31N/c54-11-2-8(3-12(55)16(11)18-19-23(34(66)40(72)28(18)60)35(67)44(76)41(73)29(19)61)85(9-4-13(56)17(14(57)5-9)22-32(64)45(77)51(83)46(78)33(22)65)7-1-10(27(59)15(58)6-7)53(26-38(70)49(81)52(84)50(82)39(26)71)24-20(30(62)42(74)47(79)36(24)68)21-25(53)37(69)48(80)43(75)31(21)63/h1-6H,54-84H2. The average molecular weight is 1050 g/mol. The summed E-state index contributed by atoms with van der Waals surface area (Å²) >= 11 is 0. The third-order valence-electron chi connectivity index (χ3n) is 23.9. The van der Waals surface area contributed by atoms with E-state index >= 15 is 0 Å². The van der Waals surface area contributed by atoms with E-state index in [-0.39, 0.29) is 0 Å². The summed E-state index contributed by atoms with van der Waals surface area (Å²) in [6, 6.07) is 15.3. The van der Waals surface area contributed by atoms with Gasteiger partial charge in [-0.05, 0) is 103 Å². The normalized spacial score (nSPS) is 12.4. The number of fused-ring (bicyclic) bond motifs is 4. The molecule has 1 aliphatic carbocycles. The van der Waals surface area contributed by atoms with Crippen molar-refractivity contribution in [1.29, 1.82) is 0 Å². The molecule has 0 aromatic heterocycles. The molecule has 9 aromatic rings. The first-order valence-electron chi connectivity index (χ1n) is 31.6. The molecule has 32 heteroatoms. The van der Waals surface area contributed by atoms with Crippen molar-refractivity contribution in [1.82, 2.24) is 0 Å². The number of benzene rings is 9. The predicted octanol–water partition coefficient (Wildman–Crippen LogP) is -40.0. The highest BCUT2D eigenvalue weighted by Gasteiger charge is 2.52. The van der Waals surface area contributed by atoms with Gasteiger partial charge in [0.1, 0.15) is 243 Å². The van der Waals surface area contributed by atoms with E-state index in [1.165, 1.54) is 253 Å². The molecule has 378 valence electrons. The fourth-order valence-corrected chi connectivity index (χ4v) is 16.9. The van der Waals surface area contributed by atoms with Gasteiger partial charge < -0.3 is 4.90 Å². The maximum atomic E-state index is 2.68. The zero-order chi connectivity index (χ0) is 62.9. The minimum absolute atomic E-state index is 0.658. The largest absolute Gasteiger partial charge is 0.311 e. The molecule has 10 rings (SSSR count). The third kappa shape index (κ3) is 8.79. The first kappa shape index (κ1) is 63.1. The van der Waals surface area contributed by atoms with Gasteiger partial charge in [-0.15, -0.1) is 71.0 Å². The Kier molecular flexibility index (Phi) is 16.3. The summed E-state index contributed by atoms with van der Waals surface area (Å²) in [7, 11) is 73.6. The van der Waals surface area contributed by atoms with Crippen molar-refractivity contribution in [3.63, 3.8) is 0 Å². The van der Waals surface area contributed by atoms with Gasteiger partial charge in [0.25, 0.3) is 0 Å². The number of nitrogens with zero attached hydrogens (tertiary/aromatic N) is 1. The Morgan fingerprint density at radius 2 is 0.435 bits per heavy atom. The second kappa shape index (κ2) is 22.0. The first-order valence-corrected chi connectivity index (χ1v) is 31.6. The van der Waals surface area contributed by atoms with Crippen LogP contribution in [0.3, 0.4) is 0 Å². The summed E-state index contributed by atoms with van der Waals surface area (Å²) in [4.78, 5) is 2.65. The van der Waals surface area contributed by atoms with E-state index in [9.17, 15) is 0 Å². The molecule has 0 aliphatic heterocycles. The quantitative estimate of drug-likeness (QED) is 0.144. The molecule has 85 heavy (non-hydrogen) atoms. The van der Waals surface area contributed by atoms with Crippen LogP contribution in [-0.2, 0) is 5.41 Å². The third-order valence-corrected chi connectivity index (χ3v) is 23.9. The fourth-order valence-electron chi connectivity index (χ4n) is 16.9. The predicted molar refractivity (Wildman–Crippen MR) is 480 cm³/mol. The van der Waals surface area contributed by atoms with Crippen LogP contribution in [0.5, 0.6) is 0 Å². The molecule has 0 saturated heterocycles. The maximum absolute atomic E-state index is 2.68. The van der Waals surface area contributed by atoms with Gasteiger partial charge in [0.05, 0.1) is 5.41 Å². The lowest BCUT2D eigenvalue weighted by atomic mass is 9.49. The molecule has 0 N–H and O–H groups in total. The van der Waals surface area contributed by atoms with Crippen LogP contribution in [0.1, 0.15) is 22.3 Å². The van der Waals surface area contributed by atoms with Crippen molar-refractivity contribution >= 4 is 440 Å². The van der Waals surface area contributed by atoms with Gasteiger partial charge in [-0.3, -0.25) is 0 Å². The highest BCUT2D eigenvalue weighted by atomic mass is 15.1. The van der Waals surface area contributed by atoms with Crippen molar-refractivity contribution in [3.05, 3.63) is 58.7 Å². The number of hydrogen-bond donors (Lipinski definition) is 0. The first-order chi connectivity index (χ1) is 39.6. The molecule has 0 bridgehead atoms. The molecule has 1 aliphatic rings. The van der Waals surface area contributed by atoms with E-state index < -0.39 is 5.41 Å². The van der Waals surface area contributed by atoms with Gasteiger partial charge in [0.2, 0.25) is 0 Å². The van der Waals surface area contributed by atoms with Crippen LogP contribution in [0.15, 0.2) is 36.4 Å². The summed E-state index contributed by atoms with van der Waals surface area (Å²) in [5, 5.41) is 2.83. The molecule has 1 nitrogen and oxygen atoms in total. The van der Waals surface area contributed by atoms with Gasteiger partial charge >= 0.3 is 0 Å². The Morgan fingerprint density at radius 1 is 0.188 bits per heavy atom. The molecule has 0 fully saturated rings. The Hall–Kier alpha value is -4.95. The molecule has 9 aromatic carbocycles. The van der Waals surface area contributed by atoms with Crippen molar-refractivity contribution in [3.8, 4) is 33.4 Å². The van der Waals surface area contributed by atoms with Crippen molar-refractivity contribution in [2.45, 2.75) is 5.41 Å². The Bertz CT molecular complexity index is 4390. The number of hydrogen-bond acceptors (Lipinski definition) is 1. The van der Waals surface area contributed by atoms with Crippen molar-refractivity contribution in [2.75, 3.05) is 4.90 Å². The van der Waals surface area contributed by atoms with Gasteiger partial charge in [-0.2, -0.15) is 0 Å². The molecule has 0 amide bonds. The second-order valence-electron chi connectivity index (χ2n) is 27.4. The monoisotopic (exact) mass is 1060 g/mol. The summed E-state index contributed by atoms with van der Waals surface area (Å²) in [6.07, 6.45) is 0. The van der Waals surface area contributed by atoms with E-state index in [1.54, 1.807) is 0 Å². The molecule has 0 spiro atoms. The van der Waals surface area contributed by atoms with E-state index in [2.05, 4.69) is 285 Å². The SMILES string of the molecule is Bc1cc(N(c2cc(B)c(-c3c(B)c(B)c(B)c(B)c3B)c(B)c2)c2cc(B)c(-c3c(B)c(B)c(B)c4c(B)c(B)c(B)c(B)c34)c(B)c2)cc(C2(c3c(B)c(B)c(B)c(B)c3B)c3c(B)c(B)c(B)c(B)c3-c3c(B)c(B)c(B)c(B)c32)c1B. The lowest BCUT2D eigenvalue weighted by molar-refractivity contribution is 0.799. The zero-order valence-electron chi connectivity index (χ0n) is 58.4. The second-order valence-corrected chi connectivity index (χ2v) is 27.4. The Morgan fingerprint density at radius 3 is 0.812 bits per heavy atom. The summed E-state index contributed by atoms with van der Waals surface area (Å²) in [5.74, 6) is 0. The molecule has 0 saturated carbocycles. The lowest BCUT2D eigenvalue weighted by Crippen LogP contribution is -2.62. The van der Waals surface area contributed by atoms with Crippen molar-refractivity contribution < 1.29 is 0 Å². The van der Waals surface area contributed by atoms with Gasteiger partial charge in [-0.1, -0.05) is 98.3 Å². The van der Waals surface area contributed by atoms with E-state index in [1.807, 2.05) is 0 Å².